The van der Waals surface area contributed by atoms with Gasteiger partial charge >= 0.3 is 0 Å². The average Bonchev–Trinajstić information content (AvgIpc) is 2.70. The first kappa shape index (κ1) is 23.0. The van der Waals surface area contributed by atoms with Crippen molar-refractivity contribution >= 4 is 35.8 Å². The molecule has 2 aromatic carbocycles. The molecular formula is C21H29IN4O. The number of carbonyl (C=O) groups is 1. The van der Waals surface area contributed by atoms with Crippen molar-refractivity contribution in [3.8, 4) is 0 Å². The van der Waals surface area contributed by atoms with Gasteiger partial charge in [-0.15, -0.1) is 24.0 Å². The van der Waals surface area contributed by atoms with E-state index in [0.29, 0.717) is 5.56 Å². The van der Waals surface area contributed by atoms with Crippen LogP contribution in [0.15, 0.2) is 59.6 Å². The molecule has 0 aliphatic carbocycles. The van der Waals surface area contributed by atoms with Crippen molar-refractivity contribution in [1.29, 1.82) is 0 Å². The number of rotatable bonds is 8. The Kier molecular flexibility index (Phi) is 11.2. The molecule has 27 heavy (non-hydrogen) atoms. The van der Waals surface area contributed by atoms with E-state index in [1.54, 1.807) is 14.1 Å². The molecule has 0 aliphatic heterocycles. The lowest BCUT2D eigenvalue weighted by Crippen LogP contribution is -2.38. The molecule has 2 rings (SSSR count). The molecule has 0 heterocycles. The molecule has 0 radical (unpaired) electrons. The van der Waals surface area contributed by atoms with Crippen LogP contribution in [0.2, 0.25) is 0 Å². The fourth-order valence-electron chi connectivity index (χ4n) is 2.70. The van der Waals surface area contributed by atoms with Crippen LogP contribution in [0.1, 0.15) is 27.9 Å². The molecule has 1 amide bonds. The third-order valence-corrected chi connectivity index (χ3v) is 4.12. The number of aliphatic imine (C=N–C) groups is 1. The van der Waals surface area contributed by atoms with E-state index in [0.717, 1.165) is 43.9 Å². The molecule has 0 aromatic heterocycles. The Hall–Kier alpha value is -2.09. The number of carbonyl (C=O) groups excluding carboxylic acids is 1. The predicted octanol–water partition coefficient (Wildman–Crippen LogP) is 3.00. The van der Waals surface area contributed by atoms with Gasteiger partial charge in [-0.1, -0.05) is 42.5 Å². The Balaban J connectivity index is 0.00000364. The number of guanidine groups is 1. The summed E-state index contributed by atoms with van der Waals surface area (Å²) in [4.78, 5) is 15.9. The molecule has 0 spiro atoms. The molecule has 0 bridgehead atoms. The Morgan fingerprint density at radius 3 is 2.33 bits per heavy atom. The molecule has 146 valence electrons. The number of benzene rings is 2. The highest BCUT2D eigenvalue weighted by Crippen LogP contribution is 2.05. The van der Waals surface area contributed by atoms with E-state index in [-0.39, 0.29) is 29.9 Å². The van der Waals surface area contributed by atoms with E-state index < -0.39 is 0 Å². The predicted molar refractivity (Wildman–Crippen MR) is 123 cm³/mol. The first-order valence-electron chi connectivity index (χ1n) is 9.02. The monoisotopic (exact) mass is 480 g/mol. The van der Waals surface area contributed by atoms with E-state index in [4.69, 9.17) is 0 Å². The summed E-state index contributed by atoms with van der Waals surface area (Å²) in [6, 6.07) is 18.2. The second-order valence-electron chi connectivity index (χ2n) is 6.04. The molecule has 0 unspecified atom stereocenters. The van der Waals surface area contributed by atoms with Crippen LogP contribution in [0, 0.1) is 0 Å². The molecule has 2 aromatic rings. The first-order chi connectivity index (χ1) is 12.7. The Bertz CT molecular complexity index is 719. The van der Waals surface area contributed by atoms with E-state index in [9.17, 15) is 4.79 Å². The Morgan fingerprint density at radius 2 is 1.63 bits per heavy atom. The number of hydrogen-bond acceptors (Lipinski definition) is 2. The van der Waals surface area contributed by atoms with Crippen molar-refractivity contribution in [3.05, 3.63) is 71.3 Å². The summed E-state index contributed by atoms with van der Waals surface area (Å²) in [6.07, 6.45) is 2.94. The number of nitrogens with one attached hydrogen (secondary N) is 3. The summed E-state index contributed by atoms with van der Waals surface area (Å²) in [6.45, 7) is 1.64. The van der Waals surface area contributed by atoms with Gasteiger partial charge in [-0.3, -0.25) is 9.79 Å². The van der Waals surface area contributed by atoms with Gasteiger partial charge < -0.3 is 16.0 Å². The maximum Gasteiger partial charge on any atom is 0.251 e. The second-order valence-corrected chi connectivity index (χ2v) is 6.04. The van der Waals surface area contributed by atoms with Gasteiger partial charge in [0.15, 0.2) is 5.96 Å². The third-order valence-electron chi connectivity index (χ3n) is 4.12. The Labute approximate surface area is 179 Å². The van der Waals surface area contributed by atoms with Crippen molar-refractivity contribution in [3.63, 3.8) is 0 Å². The van der Waals surface area contributed by atoms with Gasteiger partial charge in [0.1, 0.15) is 0 Å². The van der Waals surface area contributed by atoms with E-state index in [2.05, 4.69) is 45.2 Å². The number of nitrogens with zero attached hydrogens (tertiary/aromatic N) is 1. The zero-order valence-electron chi connectivity index (χ0n) is 16.0. The van der Waals surface area contributed by atoms with Gasteiger partial charge in [-0.25, -0.2) is 0 Å². The summed E-state index contributed by atoms with van der Waals surface area (Å²) >= 11 is 0. The second kappa shape index (κ2) is 13.1. The highest BCUT2D eigenvalue weighted by atomic mass is 127. The smallest absolute Gasteiger partial charge is 0.251 e. The number of hydrogen-bond donors (Lipinski definition) is 3. The minimum atomic E-state index is -0.0595. The highest BCUT2D eigenvalue weighted by Gasteiger charge is 2.04. The molecule has 0 aliphatic rings. The summed E-state index contributed by atoms with van der Waals surface area (Å²) in [5.41, 5.74) is 3.17. The van der Waals surface area contributed by atoms with Gasteiger partial charge in [0.2, 0.25) is 0 Å². The summed E-state index contributed by atoms with van der Waals surface area (Å²) in [7, 11) is 3.42. The van der Waals surface area contributed by atoms with Crippen LogP contribution in [0.3, 0.4) is 0 Å². The third kappa shape index (κ3) is 8.43. The van der Waals surface area contributed by atoms with Gasteiger partial charge in [0.05, 0.1) is 0 Å². The van der Waals surface area contributed by atoms with Crippen molar-refractivity contribution in [2.45, 2.75) is 19.3 Å². The average molecular weight is 480 g/mol. The minimum absolute atomic E-state index is 0. The fourth-order valence-corrected chi connectivity index (χ4v) is 2.70. The lowest BCUT2D eigenvalue weighted by atomic mass is 10.1. The van der Waals surface area contributed by atoms with Crippen molar-refractivity contribution in [1.82, 2.24) is 16.0 Å². The molecule has 0 fully saturated rings. The molecule has 5 nitrogen and oxygen atoms in total. The molecule has 0 saturated heterocycles. The zero-order chi connectivity index (χ0) is 18.6. The molecule has 3 N–H and O–H groups in total. The zero-order valence-corrected chi connectivity index (χ0v) is 18.3. The van der Waals surface area contributed by atoms with E-state index >= 15 is 0 Å². The summed E-state index contributed by atoms with van der Waals surface area (Å²) in [5.74, 6) is 0.746. The number of halogens is 1. The SMILES string of the molecule is CN=C(NCCCc1ccccc1)NCCc1cccc(C(=O)NC)c1.I. The lowest BCUT2D eigenvalue weighted by molar-refractivity contribution is 0.0963. The quantitative estimate of drug-likeness (QED) is 0.236. The van der Waals surface area contributed by atoms with Crippen LogP contribution in [0.5, 0.6) is 0 Å². The molecule has 0 saturated carbocycles. The fraction of sp³-hybridized carbons (Fsp3) is 0.333. The molecular weight excluding hydrogens is 451 g/mol. The molecule has 6 heteroatoms. The van der Waals surface area contributed by atoms with Gasteiger partial charge in [0.25, 0.3) is 5.91 Å². The summed E-state index contributed by atoms with van der Waals surface area (Å²) in [5, 5.41) is 9.31. The van der Waals surface area contributed by atoms with Gasteiger partial charge in [-0.05, 0) is 42.5 Å². The number of amides is 1. The minimum Gasteiger partial charge on any atom is -0.356 e. The van der Waals surface area contributed by atoms with E-state index in [1.165, 1.54) is 5.56 Å². The number of aryl methyl sites for hydroxylation is 1. The van der Waals surface area contributed by atoms with Crippen LogP contribution in [0.4, 0.5) is 0 Å². The first-order valence-corrected chi connectivity index (χ1v) is 9.02. The van der Waals surface area contributed by atoms with Crippen LogP contribution >= 0.6 is 24.0 Å². The van der Waals surface area contributed by atoms with E-state index in [1.807, 2.05) is 30.3 Å². The molecule has 0 atom stereocenters. The van der Waals surface area contributed by atoms with Crippen molar-refractivity contribution in [2.24, 2.45) is 4.99 Å². The van der Waals surface area contributed by atoms with Crippen LogP contribution < -0.4 is 16.0 Å². The van der Waals surface area contributed by atoms with Crippen LogP contribution in [0.25, 0.3) is 0 Å². The lowest BCUT2D eigenvalue weighted by Gasteiger charge is -2.12. The topological polar surface area (TPSA) is 65.5 Å². The maximum absolute atomic E-state index is 11.7. The maximum atomic E-state index is 11.7. The van der Waals surface area contributed by atoms with Crippen LogP contribution in [-0.4, -0.2) is 39.1 Å². The van der Waals surface area contributed by atoms with Gasteiger partial charge in [-0.2, -0.15) is 0 Å². The largest absolute Gasteiger partial charge is 0.356 e. The standard InChI is InChI=1S/C21H28N4O.HI/c1-22-20(26)19-12-6-10-18(16-19)13-15-25-21(23-2)24-14-7-11-17-8-4-3-5-9-17;/h3-6,8-10,12,16H,7,11,13-15H2,1-2H3,(H,22,26)(H2,23,24,25);1H. The highest BCUT2D eigenvalue weighted by molar-refractivity contribution is 14.0. The van der Waals surface area contributed by atoms with Crippen molar-refractivity contribution in [2.75, 3.05) is 27.2 Å². The van der Waals surface area contributed by atoms with Crippen molar-refractivity contribution < 1.29 is 4.79 Å². The Morgan fingerprint density at radius 1 is 0.926 bits per heavy atom. The normalized spacial score (nSPS) is 10.7. The van der Waals surface area contributed by atoms with Crippen LogP contribution in [-0.2, 0) is 12.8 Å². The summed E-state index contributed by atoms with van der Waals surface area (Å²) < 4.78 is 0. The van der Waals surface area contributed by atoms with Gasteiger partial charge in [0, 0.05) is 32.7 Å².